The largest absolute Gasteiger partial charge is 0.508 e. The summed E-state index contributed by atoms with van der Waals surface area (Å²) in [7, 11) is 0. The van der Waals surface area contributed by atoms with Crippen LogP contribution in [0, 0.1) is 0 Å². The monoisotopic (exact) mass is 439 g/mol. The van der Waals surface area contributed by atoms with E-state index in [1.807, 2.05) is 0 Å². The zero-order valence-electron chi connectivity index (χ0n) is 16.4. The van der Waals surface area contributed by atoms with Crippen molar-refractivity contribution in [3.8, 4) is 5.75 Å². The average molecular weight is 440 g/mol. The Kier molecular flexibility index (Phi) is 7.38. The number of carboxylic acid groups (broad SMARTS) is 1. The summed E-state index contributed by atoms with van der Waals surface area (Å²) in [5.74, 6) is -1.14. The minimum atomic E-state index is -1.23. The number of aliphatic carboxylic acids is 1. The van der Waals surface area contributed by atoms with Crippen LogP contribution in [0.1, 0.15) is 31.9 Å². The van der Waals surface area contributed by atoms with Crippen LogP contribution in [0.15, 0.2) is 42.5 Å². The number of hydrogen-bond donors (Lipinski definition) is 2. The number of phenolic OH excluding ortho intramolecular Hbond substituents is 1. The zero-order valence-corrected chi connectivity index (χ0v) is 17.9. The van der Waals surface area contributed by atoms with Gasteiger partial charge in [-0.1, -0.05) is 41.4 Å². The number of aromatic hydroxyl groups is 1. The molecule has 0 heterocycles. The van der Waals surface area contributed by atoms with Gasteiger partial charge in [-0.25, -0.2) is 9.59 Å². The van der Waals surface area contributed by atoms with E-state index in [0.29, 0.717) is 21.2 Å². The van der Waals surface area contributed by atoms with Gasteiger partial charge in [0.05, 0.1) is 6.54 Å². The molecular weight excluding hydrogens is 417 g/mol. The smallest absolute Gasteiger partial charge is 0.411 e. The number of hydrogen-bond acceptors (Lipinski definition) is 4. The van der Waals surface area contributed by atoms with Crippen LogP contribution in [-0.4, -0.2) is 38.8 Å². The molecule has 0 saturated heterocycles. The third-order valence-electron chi connectivity index (χ3n) is 4.04. The van der Waals surface area contributed by atoms with Gasteiger partial charge in [-0.05, 0) is 50.6 Å². The summed E-state index contributed by atoms with van der Waals surface area (Å²) in [5.41, 5.74) is 0.244. The minimum Gasteiger partial charge on any atom is -0.508 e. The van der Waals surface area contributed by atoms with Crippen molar-refractivity contribution in [1.29, 1.82) is 0 Å². The number of amides is 1. The second-order valence-electron chi connectivity index (χ2n) is 7.53. The lowest BCUT2D eigenvalue weighted by Crippen LogP contribution is -2.48. The molecule has 6 nitrogen and oxygen atoms in total. The summed E-state index contributed by atoms with van der Waals surface area (Å²) in [6.45, 7) is 4.95. The summed E-state index contributed by atoms with van der Waals surface area (Å²) in [4.78, 5) is 26.1. The van der Waals surface area contributed by atoms with E-state index in [0.717, 1.165) is 4.90 Å². The molecule has 0 radical (unpaired) electrons. The van der Waals surface area contributed by atoms with E-state index in [-0.39, 0.29) is 18.7 Å². The van der Waals surface area contributed by atoms with Crippen molar-refractivity contribution < 1.29 is 24.5 Å². The Hall–Kier alpha value is -2.44. The number of nitrogens with zero attached hydrogens (tertiary/aromatic N) is 1. The van der Waals surface area contributed by atoms with Gasteiger partial charge < -0.3 is 14.9 Å². The SMILES string of the molecule is CC(C)(C)OC(=O)N(Cc1c(Cl)cccc1Cl)C(Cc1ccc(O)cc1)C(=O)O. The zero-order chi connectivity index (χ0) is 21.8. The number of benzene rings is 2. The maximum absolute atomic E-state index is 12.9. The van der Waals surface area contributed by atoms with Gasteiger partial charge in [-0.3, -0.25) is 4.90 Å². The predicted octanol–water partition coefficient (Wildman–Crippen LogP) is 5.13. The van der Waals surface area contributed by atoms with Crippen LogP contribution >= 0.6 is 23.2 Å². The molecule has 0 bridgehead atoms. The highest BCUT2D eigenvalue weighted by atomic mass is 35.5. The van der Waals surface area contributed by atoms with E-state index in [9.17, 15) is 19.8 Å². The Balaban J connectivity index is 2.42. The highest BCUT2D eigenvalue weighted by Crippen LogP contribution is 2.28. The number of rotatable bonds is 6. The molecule has 0 aromatic heterocycles. The maximum Gasteiger partial charge on any atom is 0.411 e. The van der Waals surface area contributed by atoms with Crippen LogP contribution < -0.4 is 0 Å². The second-order valence-corrected chi connectivity index (χ2v) is 8.35. The first-order valence-corrected chi connectivity index (χ1v) is 9.67. The summed E-state index contributed by atoms with van der Waals surface area (Å²) in [5, 5.41) is 19.9. The summed E-state index contributed by atoms with van der Waals surface area (Å²) < 4.78 is 5.44. The van der Waals surface area contributed by atoms with Crippen molar-refractivity contribution in [1.82, 2.24) is 4.90 Å². The molecule has 156 valence electrons. The molecule has 0 saturated carbocycles. The van der Waals surface area contributed by atoms with Crippen molar-refractivity contribution in [2.24, 2.45) is 0 Å². The molecule has 0 aliphatic heterocycles. The Morgan fingerprint density at radius 3 is 2.10 bits per heavy atom. The van der Waals surface area contributed by atoms with Gasteiger partial charge in [0, 0.05) is 22.0 Å². The highest BCUT2D eigenvalue weighted by molar-refractivity contribution is 6.36. The number of carboxylic acids is 1. The topological polar surface area (TPSA) is 87.1 Å². The minimum absolute atomic E-state index is 0.0108. The molecular formula is C21H23Cl2NO5. The van der Waals surface area contributed by atoms with Gasteiger partial charge in [-0.15, -0.1) is 0 Å². The van der Waals surface area contributed by atoms with E-state index < -0.39 is 23.7 Å². The van der Waals surface area contributed by atoms with Crippen LogP contribution in [0.2, 0.25) is 10.0 Å². The van der Waals surface area contributed by atoms with Crippen molar-refractivity contribution in [3.05, 3.63) is 63.6 Å². The number of carbonyl (C=O) groups excluding carboxylic acids is 1. The normalized spacial score (nSPS) is 12.3. The van der Waals surface area contributed by atoms with Gasteiger partial charge in [0.15, 0.2) is 0 Å². The number of phenols is 1. The quantitative estimate of drug-likeness (QED) is 0.650. The Bertz CT molecular complexity index is 857. The first-order valence-electron chi connectivity index (χ1n) is 8.91. The number of carbonyl (C=O) groups is 2. The fraction of sp³-hybridized carbons (Fsp3) is 0.333. The van der Waals surface area contributed by atoms with E-state index in [1.54, 1.807) is 51.1 Å². The van der Waals surface area contributed by atoms with Gasteiger partial charge in [0.1, 0.15) is 17.4 Å². The first-order chi connectivity index (χ1) is 13.5. The van der Waals surface area contributed by atoms with Crippen LogP contribution in [0.25, 0.3) is 0 Å². The van der Waals surface area contributed by atoms with Crippen molar-refractivity contribution in [3.63, 3.8) is 0 Å². The van der Waals surface area contributed by atoms with Crippen LogP contribution in [-0.2, 0) is 22.5 Å². The van der Waals surface area contributed by atoms with Gasteiger partial charge in [-0.2, -0.15) is 0 Å². The Morgan fingerprint density at radius 2 is 1.62 bits per heavy atom. The van der Waals surface area contributed by atoms with Crippen molar-refractivity contribution >= 4 is 35.3 Å². The maximum atomic E-state index is 12.9. The third kappa shape index (κ3) is 6.54. The van der Waals surface area contributed by atoms with E-state index in [1.165, 1.54) is 12.1 Å². The standard InChI is InChI=1S/C21H23Cl2NO5/c1-21(2,3)29-20(28)24(12-15-16(22)5-4-6-17(15)23)18(19(26)27)11-13-7-9-14(25)10-8-13/h4-10,18,25H,11-12H2,1-3H3,(H,26,27). The van der Waals surface area contributed by atoms with E-state index in [4.69, 9.17) is 27.9 Å². The lowest BCUT2D eigenvalue weighted by atomic mass is 10.0. The number of halogens is 2. The van der Waals surface area contributed by atoms with Gasteiger partial charge in [0.25, 0.3) is 0 Å². The molecule has 0 aliphatic rings. The molecule has 2 aromatic carbocycles. The molecule has 2 aromatic rings. The highest BCUT2D eigenvalue weighted by Gasteiger charge is 2.34. The molecule has 29 heavy (non-hydrogen) atoms. The average Bonchev–Trinajstić information content (AvgIpc) is 2.60. The predicted molar refractivity (Wildman–Crippen MR) is 111 cm³/mol. The molecule has 2 N–H and O–H groups in total. The molecule has 2 rings (SSSR count). The molecule has 0 aliphatic carbocycles. The second kappa shape index (κ2) is 9.37. The van der Waals surface area contributed by atoms with Crippen LogP contribution in [0.5, 0.6) is 5.75 Å². The van der Waals surface area contributed by atoms with E-state index >= 15 is 0 Å². The third-order valence-corrected chi connectivity index (χ3v) is 4.75. The molecule has 1 amide bonds. The van der Waals surface area contributed by atoms with Crippen LogP contribution in [0.3, 0.4) is 0 Å². The first kappa shape index (κ1) is 22.8. The molecule has 0 fully saturated rings. The van der Waals surface area contributed by atoms with Crippen molar-refractivity contribution in [2.45, 2.75) is 45.4 Å². The lowest BCUT2D eigenvalue weighted by Gasteiger charge is -2.32. The number of ether oxygens (including phenoxy) is 1. The molecule has 1 atom stereocenters. The summed E-state index contributed by atoms with van der Waals surface area (Å²) >= 11 is 12.5. The van der Waals surface area contributed by atoms with Gasteiger partial charge in [0.2, 0.25) is 0 Å². The fourth-order valence-corrected chi connectivity index (χ4v) is 3.18. The molecule has 0 spiro atoms. The fourth-order valence-electron chi connectivity index (χ4n) is 2.66. The Morgan fingerprint density at radius 1 is 1.07 bits per heavy atom. The summed E-state index contributed by atoms with van der Waals surface area (Å²) in [6.07, 6.45) is -0.781. The Labute approximate surface area is 179 Å². The van der Waals surface area contributed by atoms with Gasteiger partial charge >= 0.3 is 12.1 Å². The molecule has 8 heteroatoms. The van der Waals surface area contributed by atoms with Crippen LogP contribution in [0.4, 0.5) is 4.79 Å². The van der Waals surface area contributed by atoms with E-state index in [2.05, 4.69) is 0 Å². The lowest BCUT2D eigenvalue weighted by molar-refractivity contribution is -0.143. The summed E-state index contributed by atoms with van der Waals surface area (Å²) in [6, 6.07) is 9.77. The van der Waals surface area contributed by atoms with Crippen molar-refractivity contribution in [2.75, 3.05) is 0 Å². The molecule has 1 unspecified atom stereocenters.